The molecule has 1 heterocycles. The second-order valence-electron chi connectivity index (χ2n) is 4.98. The van der Waals surface area contributed by atoms with Gasteiger partial charge in [0.25, 0.3) is 0 Å². The summed E-state index contributed by atoms with van der Waals surface area (Å²) in [5, 5.41) is 5.49. The van der Waals surface area contributed by atoms with Crippen LogP contribution in [0.4, 0.5) is 4.79 Å². The lowest BCUT2D eigenvalue weighted by molar-refractivity contribution is -0.128. The van der Waals surface area contributed by atoms with Crippen LogP contribution in [0, 0.1) is 6.92 Å². The van der Waals surface area contributed by atoms with Crippen LogP contribution < -0.4 is 10.6 Å². The summed E-state index contributed by atoms with van der Waals surface area (Å²) in [4.78, 5) is 25.1. The monoisotopic (exact) mass is 339 g/mol. The molecule has 0 spiro atoms. The molecule has 3 amide bonds. The first-order valence-corrected chi connectivity index (χ1v) is 7.31. The van der Waals surface area contributed by atoms with E-state index < -0.39 is 6.04 Å². The van der Waals surface area contributed by atoms with Crippen molar-refractivity contribution in [2.24, 2.45) is 0 Å². The first-order valence-electron chi connectivity index (χ1n) is 6.52. The molecule has 0 unspecified atom stereocenters. The van der Waals surface area contributed by atoms with Crippen molar-refractivity contribution in [3.63, 3.8) is 0 Å². The maximum atomic E-state index is 11.8. The molecule has 0 radical (unpaired) electrons. The van der Waals surface area contributed by atoms with Crippen molar-refractivity contribution in [1.82, 2.24) is 15.5 Å². The second-order valence-corrected chi connectivity index (χ2v) is 5.77. The summed E-state index contributed by atoms with van der Waals surface area (Å²) >= 11 is 3.50. The van der Waals surface area contributed by atoms with Crippen LogP contribution in [0.5, 0.6) is 0 Å². The van der Waals surface area contributed by atoms with Crippen LogP contribution in [-0.4, -0.2) is 36.5 Å². The molecule has 1 fully saturated rings. The molecule has 0 saturated carbocycles. The van der Waals surface area contributed by atoms with Gasteiger partial charge in [-0.2, -0.15) is 0 Å². The van der Waals surface area contributed by atoms with Gasteiger partial charge in [0.2, 0.25) is 5.91 Å². The largest absolute Gasteiger partial charge is 0.344 e. The Labute approximate surface area is 126 Å². The highest BCUT2D eigenvalue weighted by atomic mass is 79.9. The molecule has 0 aromatic heterocycles. The first kappa shape index (κ1) is 14.8. The van der Waals surface area contributed by atoms with Crippen molar-refractivity contribution in [2.45, 2.75) is 25.9 Å². The van der Waals surface area contributed by atoms with Gasteiger partial charge in [0, 0.05) is 24.6 Å². The van der Waals surface area contributed by atoms with E-state index in [-0.39, 0.29) is 11.9 Å². The van der Waals surface area contributed by atoms with Gasteiger partial charge in [0.15, 0.2) is 0 Å². The lowest BCUT2D eigenvalue weighted by Crippen LogP contribution is -2.45. The van der Waals surface area contributed by atoms with Gasteiger partial charge in [-0.3, -0.25) is 4.79 Å². The normalized spacial score (nSPS) is 18.2. The zero-order chi connectivity index (χ0) is 14.7. The number of likely N-dealkylation sites (N-methyl/N-ethyl adjacent to an activating group) is 1. The van der Waals surface area contributed by atoms with Crippen LogP contribution in [0.1, 0.15) is 17.5 Å². The predicted molar refractivity (Wildman–Crippen MR) is 80.3 cm³/mol. The SMILES string of the molecule is Cc1cccc(CNC(=O)N[C@@H]2CCN(C)C2=O)c1Br. The topological polar surface area (TPSA) is 61.4 Å². The van der Waals surface area contributed by atoms with Crippen LogP contribution in [0.3, 0.4) is 0 Å². The maximum absolute atomic E-state index is 11.8. The molecule has 0 aliphatic carbocycles. The highest BCUT2D eigenvalue weighted by Crippen LogP contribution is 2.20. The third kappa shape index (κ3) is 3.30. The molecule has 6 heteroatoms. The standard InChI is InChI=1S/C14H18BrN3O2/c1-9-4-3-5-10(12(9)15)8-16-14(20)17-11-6-7-18(2)13(11)19/h3-5,11H,6-8H2,1-2H3,(H2,16,17,20)/t11-/m1/s1. The van der Waals surface area contributed by atoms with E-state index in [0.717, 1.165) is 15.6 Å². The van der Waals surface area contributed by atoms with E-state index in [2.05, 4.69) is 26.6 Å². The van der Waals surface area contributed by atoms with Crippen molar-refractivity contribution in [3.05, 3.63) is 33.8 Å². The van der Waals surface area contributed by atoms with Crippen molar-refractivity contribution >= 4 is 27.9 Å². The van der Waals surface area contributed by atoms with Crippen LogP contribution in [0.15, 0.2) is 22.7 Å². The maximum Gasteiger partial charge on any atom is 0.315 e. The molecule has 1 aromatic carbocycles. The number of rotatable bonds is 3. The molecule has 0 bridgehead atoms. The van der Waals surface area contributed by atoms with E-state index >= 15 is 0 Å². The number of halogens is 1. The van der Waals surface area contributed by atoms with Crippen molar-refractivity contribution in [1.29, 1.82) is 0 Å². The van der Waals surface area contributed by atoms with Gasteiger partial charge in [-0.25, -0.2) is 4.79 Å². The number of aryl methyl sites for hydroxylation is 1. The van der Waals surface area contributed by atoms with Crippen molar-refractivity contribution < 1.29 is 9.59 Å². The molecule has 5 nitrogen and oxygen atoms in total. The summed E-state index contributed by atoms with van der Waals surface area (Å²) < 4.78 is 0.997. The Kier molecular flexibility index (Phi) is 4.65. The Morgan fingerprint density at radius 2 is 2.25 bits per heavy atom. The molecule has 1 aliphatic rings. The Morgan fingerprint density at radius 3 is 2.90 bits per heavy atom. The molecule has 1 atom stereocenters. The number of hydrogen-bond acceptors (Lipinski definition) is 2. The van der Waals surface area contributed by atoms with E-state index in [4.69, 9.17) is 0 Å². The summed E-state index contributed by atoms with van der Waals surface area (Å²) in [5.41, 5.74) is 2.13. The molecule has 108 valence electrons. The fourth-order valence-electron chi connectivity index (χ4n) is 2.19. The second kappa shape index (κ2) is 6.26. The molecule has 2 N–H and O–H groups in total. The number of amides is 3. The molecule has 1 aliphatic heterocycles. The van der Waals surface area contributed by atoms with Crippen LogP contribution >= 0.6 is 15.9 Å². The third-order valence-electron chi connectivity index (χ3n) is 3.44. The van der Waals surface area contributed by atoms with Crippen LogP contribution in [0.2, 0.25) is 0 Å². The summed E-state index contributed by atoms with van der Waals surface area (Å²) in [6.45, 7) is 3.11. The minimum atomic E-state index is -0.402. The van der Waals surface area contributed by atoms with E-state index in [1.54, 1.807) is 11.9 Å². The predicted octanol–water partition coefficient (Wildman–Crippen LogP) is 1.79. The summed E-state index contributed by atoms with van der Waals surface area (Å²) in [7, 11) is 1.74. The quantitative estimate of drug-likeness (QED) is 0.881. The number of nitrogens with zero attached hydrogens (tertiary/aromatic N) is 1. The third-order valence-corrected chi connectivity index (χ3v) is 4.58. The number of benzene rings is 1. The molecular formula is C14H18BrN3O2. The minimum absolute atomic E-state index is 0.0307. The van der Waals surface area contributed by atoms with Crippen molar-refractivity contribution in [2.75, 3.05) is 13.6 Å². The fraction of sp³-hybridized carbons (Fsp3) is 0.429. The number of urea groups is 1. The average Bonchev–Trinajstić information content (AvgIpc) is 2.72. The van der Waals surface area contributed by atoms with E-state index in [1.165, 1.54) is 0 Å². The lowest BCUT2D eigenvalue weighted by atomic mass is 10.1. The first-order chi connectivity index (χ1) is 9.49. The Morgan fingerprint density at radius 1 is 1.50 bits per heavy atom. The number of carbonyl (C=O) groups is 2. The van der Waals surface area contributed by atoms with Gasteiger partial charge in [-0.15, -0.1) is 0 Å². The van der Waals surface area contributed by atoms with Gasteiger partial charge in [-0.1, -0.05) is 34.1 Å². The highest BCUT2D eigenvalue weighted by molar-refractivity contribution is 9.10. The highest BCUT2D eigenvalue weighted by Gasteiger charge is 2.30. The van der Waals surface area contributed by atoms with Gasteiger partial charge in [0.05, 0.1) is 0 Å². The average molecular weight is 340 g/mol. The molecule has 2 rings (SSSR count). The lowest BCUT2D eigenvalue weighted by Gasteiger charge is -2.14. The summed E-state index contributed by atoms with van der Waals surface area (Å²) in [6, 6.07) is 5.19. The Balaban J connectivity index is 1.87. The number of hydrogen-bond donors (Lipinski definition) is 2. The molecular weight excluding hydrogens is 322 g/mol. The van der Waals surface area contributed by atoms with Crippen molar-refractivity contribution in [3.8, 4) is 0 Å². The zero-order valence-electron chi connectivity index (χ0n) is 11.6. The van der Waals surface area contributed by atoms with E-state index in [0.29, 0.717) is 19.5 Å². The Bertz CT molecular complexity index is 533. The number of carbonyl (C=O) groups excluding carboxylic acids is 2. The van der Waals surface area contributed by atoms with Gasteiger partial charge in [0.1, 0.15) is 6.04 Å². The number of likely N-dealkylation sites (tertiary alicyclic amines) is 1. The zero-order valence-corrected chi connectivity index (χ0v) is 13.2. The van der Waals surface area contributed by atoms with E-state index in [1.807, 2.05) is 25.1 Å². The summed E-state index contributed by atoms with van der Waals surface area (Å²) in [6.07, 6.45) is 0.664. The molecule has 20 heavy (non-hydrogen) atoms. The van der Waals surface area contributed by atoms with Crippen LogP contribution in [-0.2, 0) is 11.3 Å². The van der Waals surface area contributed by atoms with E-state index in [9.17, 15) is 9.59 Å². The van der Waals surface area contributed by atoms with Gasteiger partial charge >= 0.3 is 6.03 Å². The van der Waals surface area contributed by atoms with Crippen LogP contribution in [0.25, 0.3) is 0 Å². The van der Waals surface area contributed by atoms with Gasteiger partial charge < -0.3 is 15.5 Å². The minimum Gasteiger partial charge on any atom is -0.344 e. The summed E-state index contributed by atoms with van der Waals surface area (Å²) in [5.74, 6) is -0.0307. The number of nitrogens with one attached hydrogen (secondary N) is 2. The molecule has 1 aromatic rings. The Hall–Kier alpha value is -1.56. The fourth-order valence-corrected chi connectivity index (χ4v) is 2.59. The van der Waals surface area contributed by atoms with Gasteiger partial charge in [-0.05, 0) is 24.5 Å². The smallest absolute Gasteiger partial charge is 0.315 e. The molecule has 1 saturated heterocycles.